The molecular formula is C30H32N6O3S2. The average molecular weight is 589 g/mol. The summed E-state index contributed by atoms with van der Waals surface area (Å²) in [5, 5.41) is 9.88. The average Bonchev–Trinajstić information content (AvgIpc) is 3.34. The van der Waals surface area contributed by atoms with Crippen molar-refractivity contribution < 1.29 is 4.79 Å². The van der Waals surface area contributed by atoms with E-state index in [-0.39, 0.29) is 26.7 Å². The van der Waals surface area contributed by atoms with E-state index in [0.29, 0.717) is 45.7 Å². The number of carbonyl (C=O) groups is 1. The van der Waals surface area contributed by atoms with E-state index in [0.717, 1.165) is 37.7 Å². The van der Waals surface area contributed by atoms with Crippen molar-refractivity contribution in [1.82, 2.24) is 13.9 Å². The molecule has 2 aromatic heterocycles. The van der Waals surface area contributed by atoms with E-state index in [4.69, 9.17) is 12.2 Å². The van der Waals surface area contributed by atoms with Gasteiger partial charge in [0.25, 0.3) is 17.0 Å². The van der Waals surface area contributed by atoms with Gasteiger partial charge in [0, 0.05) is 32.2 Å². The van der Waals surface area contributed by atoms with Crippen LogP contribution in [-0.2, 0) is 18.4 Å². The number of nitriles is 1. The molecule has 0 radical (unpaired) electrons. The fraction of sp³-hybridized carbons (Fsp3) is 0.367. The van der Waals surface area contributed by atoms with Crippen molar-refractivity contribution >= 4 is 51.8 Å². The Hall–Kier alpha value is -3.88. The van der Waals surface area contributed by atoms with Gasteiger partial charge in [-0.15, -0.1) is 0 Å². The number of benzene rings is 1. The summed E-state index contributed by atoms with van der Waals surface area (Å²) in [6.07, 6.45) is 3.83. The van der Waals surface area contributed by atoms with Gasteiger partial charge in [-0.05, 0) is 63.3 Å². The van der Waals surface area contributed by atoms with Crippen LogP contribution in [0.4, 0.5) is 11.5 Å². The molecule has 1 unspecified atom stereocenters. The lowest BCUT2D eigenvalue weighted by Gasteiger charge is -2.35. The Morgan fingerprint density at radius 1 is 1.15 bits per heavy atom. The number of piperidine rings is 1. The normalized spacial score (nSPS) is 18.4. The van der Waals surface area contributed by atoms with Gasteiger partial charge in [0.05, 0.1) is 16.3 Å². The molecule has 2 fully saturated rings. The van der Waals surface area contributed by atoms with Crippen LogP contribution in [0.3, 0.4) is 0 Å². The maximum atomic E-state index is 14.0. The lowest BCUT2D eigenvalue weighted by molar-refractivity contribution is -0.113. The molecule has 0 spiro atoms. The largest absolute Gasteiger partial charge is 0.357 e. The molecule has 5 rings (SSSR count). The number of anilines is 2. The third-order valence-corrected chi connectivity index (χ3v) is 9.24. The molecular weight excluding hydrogens is 557 g/mol. The molecule has 4 heterocycles. The summed E-state index contributed by atoms with van der Waals surface area (Å²) in [4.78, 5) is 44.8. The standard InChI is InChI=1S/C30H32N6O3S2/c1-6-34-26(33-14-10-11-18(2)17-33)22(19(3)23(16-31)27(34)37)15-24-28(38)35(30(40)41-24)25-20(4)32(5)36(29(25)39)21-12-8-7-9-13-21/h7-9,12-13,15,18H,6,10-11,14,17H2,1-5H3. The van der Waals surface area contributed by atoms with E-state index in [9.17, 15) is 19.6 Å². The van der Waals surface area contributed by atoms with Gasteiger partial charge in [0.2, 0.25) is 0 Å². The molecule has 41 heavy (non-hydrogen) atoms. The molecule has 3 aromatic rings. The molecule has 2 aliphatic heterocycles. The molecule has 2 saturated heterocycles. The maximum absolute atomic E-state index is 14.0. The third-order valence-electron chi connectivity index (χ3n) is 7.94. The van der Waals surface area contributed by atoms with Crippen LogP contribution in [0.25, 0.3) is 11.8 Å². The van der Waals surface area contributed by atoms with Gasteiger partial charge in [-0.2, -0.15) is 5.26 Å². The summed E-state index contributed by atoms with van der Waals surface area (Å²) in [5.74, 6) is 0.753. The monoisotopic (exact) mass is 588 g/mol. The van der Waals surface area contributed by atoms with Crippen molar-refractivity contribution in [1.29, 1.82) is 5.26 Å². The molecule has 0 saturated carbocycles. The summed E-state index contributed by atoms with van der Waals surface area (Å²) in [6.45, 7) is 9.55. The van der Waals surface area contributed by atoms with Crippen molar-refractivity contribution in [3.63, 3.8) is 0 Å². The van der Waals surface area contributed by atoms with Crippen LogP contribution in [0.2, 0.25) is 0 Å². The second-order valence-corrected chi connectivity index (χ2v) is 12.2. The number of thiocarbonyl (C=S) groups is 1. The first kappa shape index (κ1) is 28.6. The molecule has 9 nitrogen and oxygen atoms in total. The first-order valence-corrected chi connectivity index (χ1v) is 14.9. The zero-order chi connectivity index (χ0) is 29.6. The predicted molar refractivity (Wildman–Crippen MR) is 168 cm³/mol. The molecule has 0 aliphatic carbocycles. The number of hydrogen-bond donors (Lipinski definition) is 0. The number of para-hydroxylation sites is 1. The number of amides is 1. The quantitative estimate of drug-likeness (QED) is 0.320. The lowest BCUT2D eigenvalue weighted by Crippen LogP contribution is -2.40. The lowest BCUT2D eigenvalue weighted by atomic mass is 9.98. The van der Waals surface area contributed by atoms with Crippen LogP contribution in [0.15, 0.2) is 44.8 Å². The number of aromatic nitrogens is 3. The van der Waals surface area contributed by atoms with Crippen LogP contribution in [0.1, 0.15) is 49.1 Å². The van der Waals surface area contributed by atoms with E-state index in [1.165, 1.54) is 9.58 Å². The number of pyridine rings is 1. The van der Waals surface area contributed by atoms with Crippen molar-refractivity contribution in [3.8, 4) is 11.8 Å². The Balaban J connectivity index is 1.66. The molecule has 11 heteroatoms. The number of rotatable bonds is 5. The summed E-state index contributed by atoms with van der Waals surface area (Å²) < 4.78 is 5.12. The molecule has 0 bridgehead atoms. The third kappa shape index (κ3) is 4.75. The zero-order valence-electron chi connectivity index (χ0n) is 23.8. The van der Waals surface area contributed by atoms with E-state index < -0.39 is 5.91 Å². The second-order valence-electron chi connectivity index (χ2n) is 10.5. The van der Waals surface area contributed by atoms with E-state index in [2.05, 4.69) is 17.9 Å². The van der Waals surface area contributed by atoms with Gasteiger partial charge in [0.15, 0.2) is 4.32 Å². The Bertz CT molecular complexity index is 1760. The number of carbonyl (C=O) groups excluding carboxylic acids is 1. The van der Waals surface area contributed by atoms with Gasteiger partial charge in [0.1, 0.15) is 23.1 Å². The molecule has 1 atom stereocenters. The highest BCUT2D eigenvalue weighted by Gasteiger charge is 2.38. The van der Waals surface area contributed by atoms with Crippen LogP contribution in [-0.4, -0.2) is 37.2 Å². The highest BCUT2D eigenvalue weighted by molar-refractivity contribution is 8.27. The fourth-order valence-electron chi connectivity index (χ4n) is 5.76. The Morgan fingerprint density at radius 2 is 1.85 bits per heavy atom. The van der Waals surface area contributed by atoms with Gasteiger partial charge in [-0.1, -0.05) is 49.1 Å². The van der Waals surface area contributed by atoms with Gasteiger partial charge in [-0.25, -0.2) is 4.68 Å². The van der Waals surface area contributed by atoms with E-state index in [1.807, 2.05) is 37.3 Å². The van der Waals surface area contributed by atoms with Gasteiger partial charge < -0.3 is 4.90 Å². The van der Waals surface area contributed by atoms with Crippen LogP contribution in [0, 0.1) is 31.1 Å². The maximum Gasteiger partial charge on any atom is 0.296 e. The minimum Gasteiger partial charge on any atom is -0.357 e. The highest BCUT2D eigenvalue weighted by Crippen LogP contribution is 2.39. The van der Waals surface area contributed by atoms with Crippen molar-refractivity contribution in [3.05, 3.63) is 78.3 Å². The van der Waals surface area contributed by atoms with Crippen LogP contribution < -0.4 is 20.9 Å². The predicted octanol–water partition coefficient (Wildman–Crippen LogP) is 4.49. The fourth-order valence-corrected chi connectivity index (χ4v) is 7.02. The Labute approximate surface area is 248 Å². The molecule has 0 N–H and O–H groups in total. The second kappa shape index (κ2) is 11.2. The first-order chi connectivity index (χ1) is 19.6. The van der Waals surface area contributed by atoms with Crippen LogP contribution >= 0.6 is 24.0 Å². The smallest absolute Gasteiger partial charge is 0.296 e. The molecule has 1 aromatic carbocycles. The number of nitrogens with zero attached hydrogens (tertiary/aromatic N) is 6. The van der Waals surface area contributed by atoms with Crippen molar-refractivity contribution in [2.24, 2.45) is 13.0 Å². The van der Waals surface area contributed by atoms with Crippen molar-refractivity contribution in [2.45, 2.75) is 47.1 Å². The minimum absolute atomic E-state index is 0.0621. The summed E-state index contributed by atoms with van der Waals surface area (Å²) >= 11 is 6.78. The topological polar surface area (TPSA) is 96.3 Å². The van der Waals surface area contributed by atoms with Crippen molar-refractivity contribution in [2.75, 3.05) is 22.9 Å². The molecule has 1 amide bonds. The van der Waals surface area contributed by atoms with E-state index in [1.54, 1.807) is 36.2 Å². The summed E-state index contributed by atoms with van der Waals surface area (Å²) in [7, 11) is 1.77. The zero-order valence-corrected chi connectivity index (χ0v) is 25.4. The number of hydrogen-bond acceptors (Lipinski definition) is 7. The first-order valence-electron chi connectivity index (χ1n) is 13.6. The van der Waals surface area contributed by atoms with E-state index >= 15 is 0 Å². The van der Waals surface area contributed by atoms with Gasteiger partial charge in [-0.3, -0.25) is 28.5 Å². The van der Waals surface area contributed by atoms with Gasteiger partial charge >= 0.3 is 0 Å². The summed E-state index contributed by atoms with van der Waals surface area (Å²) in [5.41, 5.74) is 2.06. The highest BCUT2D eigenvalue weighted by atomic mass is 32.2. The Morgan fingerprint density at radius 3 is 2.49 bits per heavy atom. The van der Waals surface area contributed by atoms with Crippen LogP contribution in [0.5, 0.6) is 0 Å². The number of thioether (sulfide) groups is 1. The molecule has 2 aliphatic rings. The summed E-state index contributed by atoms with van der Waals surface area (Å²) in [6, 6.07) is 11.3. The Kier molecular flexibility index (Phi) is 7.81. The minimum atomic E-state index is -0.406. The molecule has 212 valence electrons. The SMILES string of the molecule is CCn1c(N2CCCC(C)C2)c(C=C2SC(=S)N(c3c(C)n(C)n(-c4ccccc4)c3=O)C2=O)c(C)c(C#N)c1=O.